The predicted octanol–water partition coefficient (Wildman–Crippen LogP) is 3.42. The molecule has 1 amide bonds. The van der Waals surface area contributed by atoms with Crippen molar-refractivity contribution in [3.8, 4) is 0 Å². The molecular formula is C22H33N3O2. The van der Waals surface area contributed by atoms with Crippen LogP contribution in [0.3, 0.4) is 0 Å². The third-order valence-electron chi connectivity index (χ3n) is 6.97. The van der Waals surface area contributed by atoms with Gasteiger partial charge in [0.15, 0.2) is 0 Å². The van der Waals surface area contributed by atoms with Crippen molar-refractivity contribution in [3.05, 3.63) is 23.8 Å². The Morgan fingerprint density at radius 2 is 1.81 bits per heavy atom. The number of likely N-dealkylation sites (tertiary alicyclic amines) is 1. The van der Waals surface area contributed by atoms with E-state index < -0.39 is 5.60 Å². The van der Waals surface area contributed by atoms with Gasteiger partial charge < -0.3 is 10.0 Å². The fraction of sp³-hybridized carbons (Fsp3) is 0.773. The number of rotatable bonds is 2. The summed E-state index contributed by atoms with van der Waals surface area (Å²) in [6.45, 7) is 10.2. The highest BCUT2D eigenvalue weighted by Crippen LogP contribution is 2.49. The lowest BCUT2D eigenvalue weighted by Crippen LogP contribution is -2.62. The van der Waals surface area contributed by atoms with Gasteiger partial charge in [0.2, 0.25) is 5.91 Å². The molecule has 2 saturated carbocycles. The van der Waals surface area contributed by atoms with E-state index in [-0.39, 0.29) is 17.2 Å². The minimum Gasteiger partial charge on any atom is -0.390 e. The Bertz CT molecular complexity index is 713. The van der Waals surface area contributed by atoms with E-state index in [4.69, 9.17) is 4.98 Å². The van der Waals surface area contributed by atoms with Crippen LogP contribution in [-0.4, -0.2) is 44.6 Å². The van der Waals surface area contributed by atoms with Gasteiger partial charge in [-0.2, -0.15) is 0 Å². The molecular weight excluding hydrogens is 338 g/mol. The Hall–Kier alpha value is -1.49. The molecule has 0 unspecified atom stereocenters. The summed E-state index contributed by atoms with van der Waals surface area (Å²) >= 11 is 0. The molecule has 1 N–H and O–H groups in total. The van der Waals surface area contributed by atoms with Gasteiger partial charge in [0.25, 0.3) is 0 Å². The van der Waals surface area contributed by atoms with E-state index in [0.717, 1.165) is 37.3 Å². The molecule has 5 heteroatoms. The second-order valence-corrected chi connectivity index (χ2v) is 10.6. The van der Waals surface area contributed by atoms with Crippen LogP contribution in [0.2, 0.25) is 0 Å². The normalized spacial score (nSPS) is 30.7. The average Bonchev–Trinajstić information content (AvgIpc) is 2.56. The molecule has 1 saturated heterocycles. The number of hydrogen-bond acceptors (Lipinski definition) is 4. The van der Waals surface area contributed by atoms with E-state index in [2.05, 4.69) is 25.8 Å². The zero-order valence-electron chi connectivity index (χ0n) is 17.2. The molecule has 1 aromatic rings. The summed E-state index contributed by atoms with van der Waals surface area (Å²) in [5.74, 6) is 0.805. The van der Waals surface area contributed by atoms with E-state index in [1.54, 1.807) is 0 Å². The van der Waals surface area contributed by atoms with Crippen molar-refractivity contribution in [1.82, 2.24) is 14.9 Å². The minimum absolute atomic E-state index is 0.0277. The molecule has 0 atom stereocenters. The lowest BCUT2D eigenvalue weighted by Gasteiger charge is -2.55. The Labute approximate surface area is 162 Å². The maximum atomic E-state index is 12.5. The largest absolute Gasteiger partial charge is 0.390 e. The van der Waals surface area contributed by atoms with E-state index in [1.807, 2.05) is 24.2 Å². The number of carbonyl (C=O) groups excluding carboxylic acids is 1. The van der Waals surface area contributed by atoms with Gasteiger partial charge in [-0.15, -0.1) is 0 Å². The highest BCUT2D eigenvalue weighted by molar-refractivity contribution is 5.81. The number of carbonyl (C=O) groups is 1. The van der Waals surface area contributed by atoms with E-state index in [9.17, 15) is 9.90 Å². The molecule has 3 fully saturated rings. The molecule has 5 nitrogen and oxygen atoms in total. The number of aromatic nitrogens is 2. The van der Waals surface area contributed by atoms with Gasteiger partial charge in [-0.3, -0.25) is 14.8 Å². The molecule has 4 rings (SSSR count). The molecule has 0 aromatic carbocycles. The van der Waals surface area contributed by atoms with Crippen LogP contribution in [0.5, 0.6) is 0 Å². The second-order valence-electron chi connectivity index (χ2n) is 10.6. The Kier molecular flexibility index (Phi) is 4.37. The zero-order valence-corrected chi connectivity index (χ0v) is 17.2. The van der Waals surface area contributed by atoms with Crippen molar-refractivity contribution in [3.63, 3.8) is 0 Å². The van der Waals surface area contributed by atoms with Crippen molar-refractivity contribution in [2.24, 2.45) is 11.3 Å². The number of aliphatic hydroxyl groups is 1. The third kappa shape index (κ3) is 3.63. The first-order valence-electron chi connectivity index (χ1n) is 10.4. The molecule has 148 valence electrons. The smallest absolute Gasteiger partial charge is 0.225 e. The lowest BCUT2D eigenvalue weighted by molar-refractivity contribution is -0.163. The topological polar surface area (TPSA) is 66.3 Å². The van der Waals surface area contributed by atoms with Crippen LogP contribution in [0.15, 0.2) is 12.4 Å². The van der Waals surface area contributed by atoms with Gasteiger partial charge in [-0.05, 0) is 45.4 Å². The van der Waals surface area contributed by atoms with Crippen LogP contribution in [0.1, 0.15) is 83.5 Å². The summed E-state index contributed by atoms with van der Waals surface area (Å²) in [6, 6.07) is 0. The highest BCUT2D eigenvalue weighted by atomic mass is 16.3. The highest BCUT2D eigenvalue weighted by Gasteiger charge is 2.51. The van der Waals surface area contributed by atoms with Crippen LogP contribution in [0.25, 0.3) is 0 Å². The van der Waals surface area contributed by atoms with Crippen LogP contribution in [-0.2, 0) is 10.2 Å². The fourth-order valence-electron chi connectivity index (χ4n) is 5.14. The first kappa shape index (κ1) is 18.9. The van der Waals surface area contributed by atoms with Crippen molar-refractivity contribution in [2.45, 2.75) is 83.2 Å². The molecule has 0 bridgehead atoms. The van der Waals surface area contributed by atoms with Crippen LogP contribution in [0, 0.1) is 11.3 Å². The third-order valence-corrected chi connectivity index (χ3v) is 6.97. The molecule has 1 aromatic heterocycles. The van der Waals surface area contributed by atoms with Gasteiger partial charge in [0.05, 0.1) is 17.0 Å². The van der Waals surface area contributed by atoms with E-state index in [1.165, 1.54) is 12.8 Å². The summed E-state index contributed by atoms with van der Waals surface area (Å²) in [6.07, 6.45) is 9.71. The lowest BCUT2D eigenvalue weighted by atomic mass is 9.64. The Morgan fingerprint density at radius 3 is 2.37 bits per heavy atom. The van der Waals surface area contributed by atoms with Crippen LogP contribution < -0.4 is 0 Å². The minimum atomic E-state index is -0.621. The summed E-state index contributed by atoms with van der Waals surface area (Å²) in [5, 5.41) is 9.87. The first-order valence-corrected chi connectivity index (χ1v) is 10.4. The summed E-state index contributed by atoms with van der Waals surface area (Å²) in [5.41, 5.74) is 1.94. The molecule has 2 aliphatic carbocycles. The standard InChI is InChI=1S/C22H33N3O2/c1-20(2,3)18-12-23-11-17(24-18)15-5-7-22(8-6-15)13-25(14-22)19(26)16-9-21(4,27)10-16/h11-12,15-16,27H,5-10,13-14H2,1-4H3/t16-,21+. The van der Waals surface area contributed by atoms with Gasteiger partial charge in [0, 0.05) is 48.1 Å². The Balaban J connectivity index is 1.31. The van der Waals surface area contributed by atoms with E-state index in [0.29, 0.717) is 24.2 Å². The summed E-state index contributed by atoms with van der Waals surface area (Å²) < 4.78 is 0. The van der Waals surface area contributed by atoms with Crippen molar-refractivity contribution in [2.75, 3.05) is 13.1 Å². The molecule has 1 spiro atoms. The maximum absolute atomic E-state index is 12.5. The number of hydrogen-bond donors (Lipinski definition) is 1. The van der Waals surface area contributed by atoms with Crippen molar-refractivity contribution >= 4 is 5.91 Å². The van der Waals surface area contributed by atoms with Crippen molar-refractivity contribution < 1.29 is 9.90 Å². The predicted molar refractivity (Wildman–Crippen MR) is 104 cm³/mol. The fourth-order valence-corrected chi connectivity index (χ4v) is 5.14. The molecule has 3 aliphatic rings. The summed E-state index contributed by atoms with van der Waals surface area (Å²) in [7, 11) is 0. The SMILES string of the molecule is CC(C)(C)c1cncc(C2CCC3(CC2)CN(C(=O)[C@H]2C[C@@](C)(O)C2)C3)n1. The second kappa shape index (κ2) is 6.26. The van der Waals surface area contributed by atoms with Gasteiger partial charge in [-0.25, -0.2) is 0 Å². The quantitative estimate of drug-likeness (QED) is 0.865. The average molecular weight is 372 g/mol. The zero-order chi connectivity index (χ0) is 19.4. The van der Waals surface area contributed by atoms with Gasteiger partial charge in [-0.1, -0.05) is 20.8 Å². The molecule has 1 aliphatic heterocycles. The Morgan fingerprint density at radius 1 is 1.19 bits per heavy atom. The van der Waals surface area contributed by atoms with Gasteiger partial charge in [0.1, 0.15) is 0 Å². The van der Waals surface area contributed by atoms with E-state index >= 15 is 0 Å². The maximum Gasteiger partial charge on any atom is 0.225 e. The molecule has 27 heavy (non-hydrogen) atoms. The molecule has 2 heterocycles. The number of amides is 1. The van der Waals surface area contributed by atoms with Crippen LogP contribution in [0.4, 0.5) is 0 Å². The van der Waals surface area contributed by atoms with Gasteiger partial charge >= 0.3 is 0 Å². The monoisotopic (exact) mass is 371 g/mol. The number of nitrogens with zero attached hydrogens (tertiary/aromatic N) is 3. The van der Waals surface area contributed by atoms with Crippen molar-refractivity contribution in [1.29, 1.82) is 0 Å². The summed E-state index contributed by atoms with van der Waals surface area (Å²) in [4.78, 5) is 23.9. The molecule has 0 radical (unpaired) electrons. The van der Waals surface area contributed by atoms with Crippen LogP contribution >= 0.6 is 0 Å². The first-order chi connectivity index (χ1) is 12.6.